The number of hydrogen-bond acceptors (Lipinski definition) is 1. The summed E-state index contributed by atoms with van der Waals surface area (Å²) in [4.78, 5) is 2.15. The van der Waals surface area contributed by atoms with Gasteiger partial charge in [0.1, 0.15) is 5.82 Å². The van der Waals surface area contributed by atoms with E-state index in [1.165, 1.54) is 17.2 Å². The van der Waals surface area contributed by atoms with E-state index >= 15 is 0 Å². The molecule has 114 valence electrons. The van der Waals surface area contributed by atoms with Crippen LogP contribution >= 0.6 is 0 Å². The van der Waals surface area contributed by atoms with Gasteiger partial charge in [-0.25, -0.2) is 4.39 Å². The van der Waals surface area contributed by atoms with Crippen molar-refractivity contribution in [3.05, 3.63) is 72.0 Å². The van der Waals surface area contributed by atoms with Crippen molar-refractivity contribution in [2.24, 2.45) is 0 Å². The minimum absolute atomic E-state index is 0.198. The summed E-state index contributed by atoms with van der Waals surface area (Å²) in [6.45, 7) is 2.14. The average molecular weight is 303 g/mol. The highest BCUT2D eigenvalue weighted by molar-refractivity contribution is 5.99. The molecule has 0 unspecified atom stereocenters. The second-order valence-electron chi connectivity index (χ2n) is 5.97. The Morgan fingerprint density at radius 3 is 2.39 bits per heavy atom. The van der Waals surface area contributed by atoms with Crippen LogP contribution < -0.4 is 4.90 Å². The third-order valence-electron chi connectivity index (χ3n) is 4.66. The van der Waals surface area contributed by atoms with E-state index in [-0.39, 0.29) is 5.82 Å². The molecule has 4 rings (SSSR count). The number of para-hydroxylation sites is 1. The number of anilines is 2. The van der Waals surface area contributed by atoms with Crippen LogP contribution in [0.4, 0.5) is 15.8 Å². The largest absolute Gasteiger partial charge is 0.344 e. The maximum atomic E-state index is 13.9. The van der Waals surface area contributed by atoms with Crippen LogP contribution in [0.2, 0.25) is 0 Å². The predicted molar refractivity (Wildman–Crippen MR) is 94.7 cm³/mol. The van der Waals surface area contributed by atoms with Crippen LogP contribution in [0, 0.1) is 5.82 Å². The minimum atomic E-state index is -0.198. The number of aryl methyl sites for hydroxylation is 1. The number of hydrogen-bond donors (Lipinski definition) is 0. The van der Waals surface area contributed by atoms with Gasteiger partial charge < -0.3 is 4.90 Å². The van der Waals surface area contributed by atoms with Gasteiger partial charge in [0.2, 0.25) is 0 Å². The highest BCUT2D eigenvalue weighted by Crippen LogP contribution is 2.47. The maximum absolute atomic E-state index is 13.9. The van der Waals surface area contributed by atoms with Gasteiger partial charge in [0, 0.05) is 29.5 Å². The second kappa shape index (κ2) is 5.24. The quantitative estimate of drug-likeness (QED) is 0.549. The van der Waals surface area contributed by atoms with Crippen LogP contribution in [0.15, 0.2) is 60.7 Å². The van der Waals surface area contributed by atoms with Gasteiger partial charge >= 0.3 is 0 Å². The molecule has 2 heteroatoms. The van der Waals surface area contributed by atoms with E-state index in [1.807, 2.05) is 19.2 Å². The van der Waals surface area contributed by atoms with Gasteiger partial charge in [-0.15, -0.1) is 0 Å². The first kappa shape index (κ1) is 14.0. The van der Waals surface area contributed by atoms with Crippen molar-refractivity contribution in [3.63, 3.8) is 0 Å². The fourth-order valence-corrected chi connectivity index (χ4v) is 3.41. The Hall–Kier alpha value is -2.61. The van der Waals surface area contributed by atoms with E-state index in [1.54, 1.807) is 6.07 Å². The summed E-state index contributed by atoms with van der Waals surface area (Å²) in [7, 11) is 2.04. The number of nitrogens with zero attached hydrogens (tertiary/aromatic N) is 1. The molecule has 0 spiro atoms. The Balaban J connectivity index is 2.13. The lowest BCUT2D eigenvalue weighted by Crippen LogP contribution is -2.10. The summed E-state index contributed by atoms with van der Waals surface area (Å²) in [6, 6.07) is 19.9. The molecule has 0 saturated carbocycles. The number of rotatable bonds is 1. The number of halogens is 1. The molecule has 0 atom stereocenters. The third-order valence-corrected chi connectivity index (χ3v) is 4.66. The lowest BCUT2D eigenvalue weighted by atomic mass is 9.92. The molecule has 23 heavy (non-hydrogen) atoms. The van der Waals surface area contributed by atoms with Gasteiger partial charge in [-0.3, -0.25) is 0 Å². The van der Waals surface area contributed by atoms with Crippen molar-refractivity contribution in [1.82, 2.24) is 0 Å². The van der Waals surface area contributed by atoms with Crippen molar-refractivity contribution >= 4 is 11.4 Å². The Morgan fingerprint density at radius 1 is 0.783 bits per heavy atom. The van der Waals surface area contributed by atoms with Crippen molar-refractivity contribution in [2.75, 3.05) is 11.9 Å². The topological polar surface area (TPSA) is 3.24 Å². The van der Waals surface area contributed by atoms with Crippen molar-refractivity contribution in [1.29, 1.82) is 0 Å². The van der Waals surface area contributed by atoms with Crippen molar-refractivity contribution in [3.8, 4) is 22.3 Å². The summed E-state index contributed by atoms with van der Waals surface area (Å²) in [5, 5.41) is 0. The zero-order valence-corrected chi connectivity index (χ0v) is 13.3. The van der Waals surface area contributed by atoms with Gasteiger partial charge in [0.25, 0.3) is 0 Å². The average Bonchev–Trinajstić information content (AvgIpc) is 2.69. The van der Waals surface area contributed by atoms with Gasteiger partial charge in [0.15, 0.2) is 0 Å². The Bertz CT molecular complexity index is 898. The van der Waals surface area contributed by atoms with E-state index in [2.05, 4.69) is 48.2 Å². The first-order valence-electron chi connectivity index (χ1n) is 7.95. The van der Waals surface area contributed by atoms with Crippen LogP contribution in [0.5, 0.6) is 0 Å². The van der Waals surface area contributed by atoms with Crippen molar-refractivity contribution < 1.29 is 4.39 Å². The van der Waals surface area contributed by atoms with E-state index < -0.39 is 0 Å². The summed E-state index contributed by atoms with van der Waals surface area (Å²) < 4.78 is 13.9. The molecule has 0 aromatic heterocycles. The zero-order chi connectivity index (χ0) is 16.0. The molecule has 0 amide bonds. The molecule has 0 aliphatic carbocycles. The molecule has 0 N–H and O–H groups in total. The van der Waals surface area contributed by atoms with E-state index in [9.17, 15) is 4.39 Å². The fraction of sp³-hybridized carbons (Fsp3) is 0.143. The van der Waals surface area contributed by atoms with Gasteiger partial charge in [-0.1, -0.05) is 43.3 Å². The van der Waals surface area contributed by atoms with Crippen LogP contribution in [0.3, 0.4) is 0 Å². The Morgan fingerprint density at radius 2 is 1.57 bits per heavy atom. The van der Waals surface area contributed by atoms with Gasteiger partial charge in [0.05, 0.1) is 0 Å². The van der Waals surface area contributed by atoms with Crippen LogP contribution in [-0.4, -0.2) is 7.05 Å². The highest BCUT2D eigenvalue weighted by Gasteiger charge is 2.22. The molecule has 1 nitrogen and oxygen atoms in total. The number of fused-ring (bicyclic) bond motifs is 5. The van der Waals surface area contributed by atoms with Gasteiger partial charge in [-0.05, 0) is 47.4 Å². The lowest BCUT2D eigenvalue weighted by Gasteiger charge is -2.21. The SMILES string of the molecule is CCc1ccc2c(c1)-c1cc(F)ccc1N(C)c1ccccc1-2. The van der Waals surface area contributed by atoms with Gasteiger partial charge in [-0.2, -0.15) is 0 Å². The Labute approximate surface area is 136 Å². The smallest absolute Gasteiger partial charge is 0.123 e. The summed E-state index contributed by atoms with van der Waals surface area (Å²) in [5.74, 6) is -0.198. The molecule has 0 fully saturated rings. The minimum Gasteiger partial charge on any atom is -0.344 e. The van der Waals surface area contributed by atoms with E-state index in [0.29, 0.717) is 0 Å². The second-order valence-corrected chi connectivity index (χ2v) is 5.97. The van der Waals surface area contributed by atoms with Crippen LogP contribution in [0.1, 0.15) is 12.5 Å². The first-order chi connectivity index (χ1) is 11.2. The first-order valence-corrected chi connectivity index (χ1v) is 7.95. The molecule has 3 aromatic rings. The standard InChI is InChI=1S/C21H18FN/c1-3-14-8-10-16-17-6-4-5-7-20(17)23(2)21-11-9-15(22)13-19(21)18(16)12-14/h4-13H,3H2,1-2H3. The maximum Gasteiger partial charge on any atom is 0.123 e. The molecule has 1 aliphatic heterocycles. The molecule has 1 heterocycles. The zero-order valence-electron chi connectivity index (χ0n) is 13.3. The molecule has 1 aliphatic rings. The monoisotopic (exact) mass is 303 g/mol. The molecule has 3 aromatic carbocycles. The van der Waals surface area contributed by atoms with Crippen LogP contribution in [0.25, 0.3) is 22.3 Å². The molecule has 0 bridgehead atoms. The summed E-state index contributed by atoms with van der Waals surface area (Å²) >= 11 is 0. The molecule has 0 radical (unpaired) electrons. The lowest BCUT2D eigenvalue weighted by molar-refractivity contribution is 0.628. The predicted octanol–water partition coefficient (Wildman–Crippen LogP) is 5.80. The number of benzene rings is 3. The van der Waals surface area contributed by atoms with Crippen LogP contribution in [-0.2, 0) is 6.42 Å². The molecular formula is C21H18FN. The van der Waals surface area contributed by atoms with E-state index in [0.717, 1.165) is 34.5 Å². The third kappa shape index (κ3) is 2.14. The summed E-state index contributed by atoms with van der Waals surface area (Å²) in [6.07, 6.45) is 0.968. The van der Waals surface area contributed by atoms with Crippen molar-refractivity contribution in [2.45, 2.75) is 13.3 Å². The fourth-order valence-electron chi connectivity index (χ4n) is 3.41. The highest BCUT2D eigenvalue weighted by atomic mass is 19.1. The summed E-state index contributed by atoms with van der Waals surface area (Å²) in [5.41, 5.74) is 7.85. The molecular weight excluding hydrogens is 285 g/mol. The normalized spacial score (nSPS) is 12.2. The Kier molecular flexibility index (Phi) is 3.19. The van der Waals surface area contributed by atoms with E-state index in [4.69, 9.17) is 0 Å². The molecule has 0 saturated heterocycles.